The highest BCUT2D eigenvalue weighted by Gasteiger charge is 2.18. The molecule has 15 heavy (non-hydrogen) atoms. The zero-order valence-electron chi connectivity index (χ0n) is 9.53. The first-order chi connectivity index (χ1) is 7.29. The molecule has 1 aliphatic heterocycles. The van der Waals surface area contributed by atoms with Crippen LogP contribution >= 0.6 is 0 Å². The zero-order chi connectivity index (χ0) is 10.7. The Kier molecular flexibility index (Phi) is 3.34. The van der Waals surface area contributed by atoms with Crippen LogP contribution in [0.25, 0.3) is 0 Å². The van der Waals surface area contributed by atoms with Gasteiger partial charge in [-0.25, -0.2) is 0 Å². The summed E-state index contributed by atoms with van der Waals surface area (Å²) < 4.78 is 0. The lowest BCUT2D eigenvalue weighted by Gasteiger charge is -2.33. The molecular weight excluding hydrogens is 186 g/mol. The predicted octanol–water partition coefficient (Wildman–Crippen LogP) is 1.36. The third kappa shape index (κ3) is 2.36. The standard InChI is InChI=1S/C12H19N3/c1-10-3-4-14-9-12(10)11(2)15-7-5-13-6-8-15/h3-4,9,11,13H,5-8H2,1-2H3. The molecule has 1 unspecified atom stereocenters. The predicted molar refractivity (Wildman–Crippen MR) is 61.8 cm³/mol. The van der Waals surface area contributed by atoms with E-state index >= 15 is 0 Å². The minimum absolute atomic E-state index is 0.487. The molecule has 1 atom stereocenters. The molecule has 2 rings (SSSR count). The fourth-order valence-electron chi connectivity index (χ4n) is 2.18. The Labute approximate surface area is 91.5 Å². The van der Waals surface area contributed by atoms with E-state index in [1.165, 1.54) is 11.1 Å². The van der Waals surface area contributed by atoms with E-state index in [1.54, 1.807) is 0 Å². The molecule has 0 radical (unpaired) electrons. The van der Waals surface area contributed by atoms with Crippen LogP contribution < -0.4 is 5.32 Å². The zero-order valence-corrected chi connectivity index (χ0v) is 9.53. The van der Waals surface area contributed by atoms with Crippen molar-refractivity contribution in [3.05, 3.63) is 29.6 Å². The molecule has 0 aliphatic carbocycles. The molecule has 0 aromatic carbocycles. The lowest BCUT2D eigenvalue weighted by Crippen LogP contribution is -2.44. The van der Waals surface area contributed by atoms with Crippen LogP contribution in [0.3, 0.4) is 0 Å². The average molecular weight is 205 g/mol. The minimum Gasteiger partial charge on any atom is -0.314 e. The summed E-state index contributed by atoms with van der Waals surface area (Å²) in [5, 5.41) is 3.38. The lowest BCUT2D eigenvalue weighted by molar-refractivity contribution is 0.185. The number of nitrogens with one attached hydrogen (secondary N) is 1. The summed E-state index contributed by atoms with van der Waals surface area (Å²) in [5.41, 5.74) is 2.70. The number of nitrogens with zero attached hydrogens (tertiary/aromatic N) is 2. The highest BCUT2D eigenvalue weighted by molar-refractivity contribution is 5.24. The molecule has 1 aliphatic rings. The van der Waals surface area contributed by atoms with Gasteiger partial charge >= 0.3 is 0 Å². The van der Waals surface area contributed by atoms with Crippen LogP contribution in [0, 0.1) is 6.92 Å². The number of hydrogen-bond donors (Lipinski definition) is 1. The second-order valence-electron chi connectivity index (χ2n) is 4.19. The topological polar surface area (TPSA) is 28.2 Å². The van der Waals surface area contributed by atoms with Crippen molar-refractivity contribution in [3.63, 3.8) is 0 Å². The van der Waals surface area contributed by atoms with Crippen molar-refractivity contribution < 1.29 is 0 Å². The molecular formula is C12H19N3. The van der Waals surface area contributed by atoms with Gasteiger partial charge in [-0.2, -0.15) is 0 Å². The SMILES string of the molecule is Cc1ccncc1C(C)N1CCNCC1. The molecule has 0 amide bonds. The summed E-state index contributed by atoms with van der Waals surface area (Å²) >= 11 is 0. The molecule has 3 heteroatoms. The first-order valence-corrected chi connectivity index (χ1v) is 5.64. The van der Waals surface area contributed by atoms with Crippen molar-refractivity contribution in [3.8, 4) is 0 Å². The van der Waals surface area contributed by atoms with Crippen LogP contribution in [0.1, 0.15) is 24.1 Å². The van der Waals surface area contributed by atoms with Gasteiger partial charge in [0.25, 0.3) is 0 Å². The molecule has 0 saturated carbocycles. The molecule has 1 aromatic rings. The molecule has 1 saturated heterocycles. The number of hydrogen-bond acceptors (Lipinski definition) is 3. The van der Waals surface area contributed by atoms with E-state index in [9.17, 15) is 0 Å². The third-order valence-electron chi connectivity index (χ3n) is 3.23. The monoisotopic (exact) mass is 205 g/mol. The third-order valence-corrected chi connectivity index (χ3v) is 3.23. The molecule has 2 heterocycles. The van der Waals surface area contributed by atoms with Crippen molar-refractivity contribution in [1.82, 2.24) is 15.2 Å². The quantitative estimate of drug-likeness (QED) is 0.790. The van der Waals surface area contributed by atoms with Gasteiger partial charge in [-0.15, -0.1) is 0 Å². The Morgan fingerprint density at radius 3 is 2.80 bits per heavy atom. The molecule has 3 nitrogen and oxygen atoms in total. The summed E-state index contributed by atoms with van der Waals surface area (Å²) in [4.78, 5) is 6.73. The van der Waals surface area contributed by atoms with Gasteiger partial charge in [0.05, 0.1) is 0 Å². The van der Waals surface area contributed by atoms with Crippen molar-refractivity contribution in [1.29, 1.82) is 0 Å². The molecule has 0 spiro atoms. The maximum absolute atomic E-state index is 4.22. The van der Waals surface area contributed by atoms with E-state index in [0.717, 1.165) is 26.2 Å². The van der Waals surface area contributed by atoms with Gasteiger partial charge in [-0.05, 0) is 31.0 Å². The second-order valence-corrected chi connectivity index (χ2v) is 4.19. The van der Waals surface area contributed by atoms with Crippen LogP contribution in [-0.2, 0) is 0 Å². The second kappa shape index (κ2) is 4.73. The summed E-state index contributed by atoms with van der Waals surface area (Å²) in [7, 11) is 0. The Morgan fingerprint density at radius 1 is 1.40 bits per heavy atom. The molecule has 82 valence electrons. The summed E-state index contributed by atoms with van der Waals surface area (Å²) in [6.07, 6.45) is 3.87. The van der Waals surface area contributed by atoms with E-state index in [4.69, 9.17) is 0 Å². The number of aromatic nitrogens is 1. The maximum atomic E-state index is 4.22. The van der Waals surface area contributed by atoms with E-state index < -0.39 is 0 Å². The Hall–Kier alpha value is -0.930. The van der Waals surface area contributed by atoms with Crippen LogP contribution in [0.4, 0.5) is 0 Å². The average Bonchev–Trinajstić information content (AvgIpc) is 2.30. The van der Waals surface area contributed by atoms with Gasteiger partial charge < -0.3 is 5.32 Å². The van der Waals surface area contributed by atoms with Crippen molar-refractivity contribution >= 4 is 0 Å². The molecule has 1 N–H and O–H groups in total. The first-order valence-electron chi connectivity index (χ1n) is 5.64. The number of pyridine rings is 1. The van der Waals surface area contributed by atoms with Crippen LogP contribution in [0.2, 0.25) is 0 Å². The van der Waals surface area contributed by atoms with E-state index in [0.29, 0.717) is 6.04 Å². The highest BCUT2D eigenvalue weighted by Crippen LogP contribution is 2.22. The van der Waals surface area contributed by atoms with Crippen molar-refractivity contribution in [2.45, 2.75) is 19.9 Å². The molecule has 0 bridgehead atoms. The van der Waals surface area contributed by atoms with Crippen molar-refractivity contribution in [2.24, 2.45) is 0 Å². The number of rotatable bonds is 2. The van der Waals surface area contributed by atoms with Gasteiger partial charge in [-0.1, -0.05) is 0 Å². The van der Waals surface area contributed by atoms with E-state index in [1.807, 2.05) is 12.4 Å². The Balaban J connectivity index is 2.12. The van der Waals surface area contributed by atoms with Crippen LogP contribution in [0.15, 0.2) is 18.5 Å². The smallest absolute Gasteiger partial charge is 0.0338 e. The van der Waals surface area contributed by atoms with Gasteiger partial charge in [-0.3, -0.25) is 9.88 Å². The largest absolute Gasteiger partial charge is 0.314 e. The highest BCUT2D eigenvalue weighted by atomic mass is 15.2. The van der Waals surface area contributed by atoms with Crippen LogP contribution in [-0.4, -0.2) is 36.1 Å². The van der Waals surface area contributed by atoms with Gasteiger partial charge in [0, 0.05) is 44.6 Å². The van der Waals surface area contributed by atoms with Crippen LogP contribution in [0.5, 0.6) is 0 Å². The molecule has 1 fully saturated rings. The maximum Gasteiger partial charge on any atom is 0.0338 e. The summed E-state index contributed by atoms with van der Waals surface area (Å²) in [5.74, 6) is 0. The fraction of sp³-hybridized carbons (Fsp3) is 0.583. The van der Waals surface area contributed by atoms with Gasteiger partial charge in [0.15, 0.2) is 0 Å². The summed E-state index contributed by atoms with van der Waals surface area (Å²) in [6.45, 7) is 8.91. The Morgan fingerprint density at radius 2 is 2.13 bits per heavy atom. The van der Waals surface area contributed by atoms with E-state index in [2.05, 4.69) is 35.1 Å². The normalized spacial score (nSPS) is 20.1. The number of aryl methyl sites for hydroxylation is 1. The fourth-order valence-corrected chi connectivity index (χ4v) is 2.18. The minimum atomic E-state index is 0.487. The van der Waals surface area contributed by atoms with E-state index in [-0.39, 0.29) is 0 Å². The number of piperazine rings is 1. The summed E-state index contributed by atoms with van der Waals surface area (Å²) in [6, 6.07) is 2.58. The van der Waals surface area contributed by atoms with Crippen molar-refractivity contribution in [2.75, 3.05) is 26.2 Å². The molecule has 1 aromatic heterocycles. The van der Waals surface area contributed by atoms with Gasteiger partial charge in [0.1, 0.15) is 0 Å². The Bertz CT molecular complexity index is 318. The lowest BCUT2D eigenvalue weighted by atomic mass is 10.0. The van der Waals surface area contributed by atoms with Gasteiger partial charge in [0.2, 0.25) is 0 Å². The first kappa shape index (κ1) is 10.6.